The minimum absolute atomic E-state index is 0.123. The van der Waals surface area contributed by atoms with Gasteiger partial charge in [-0.1, -0.05) is 0 Å². The molecule has 0 aliphatic rings. The second-order valence-corrected chi connectivity index (χ2v) is 4.95. The van der Waals surface area contributed by atoms with Crippen molar-refractivity contribution in [2.75, 3.05) is 0 Å². The summed E-state index contributed by atoms with van der Waals surface area (Å²) in [6.07, 6.45) is 1.70. The highest BCUT2D eigenvalue weighted by atomic mass is 79.9. The van der Waals surface area contributed by atoms with Crippen molar-refractivity contribution in [1.82, 2.24) is 10.3 Å². The van der Waals surface area contributed by atoms with E-state index >= 15 is 0 Å². The Hall–Kier alpha value is -1.43. The second kappa shape index (κ2) is 5.27. The van der Waals surface area contributed by atoms with Crippen LogP contribution in [0.2, 0.25) is 0 Å². The average molecular weight is 301 g/mol. The number of hydrogen-bond acceptors (Lipinski definition) is 3. The summed E-state index contributed by atoms with van der Waals surface area (Å²) < 4.78 is 0.639. The maximum absolute atomic E-state index is 11.6. The molecule has 1 rings (SSSR count). The van der Waals surface area contributed by atoms with E-state index in [-0.39, 0.29) is 12.3 Å². The fourth-order valence-electron chi connectivity index (χ4n) is 1.18. The molecular formula is C11H13BrN2O3. The van der Waals surface area contributed by atoms with Crippen LogP contribution in [0.15, 0.2) is 22.9 Å². The highest BCUT2D eigenvalue weighted by Gasteiger charge is 2.28. The number of carboxylic acids is 1. The number of hydrogen-bond donors (Lipinski definition) is 2. The first-order valence-corrected chi connectivity index (χ1v) is 5.75. The molecule has 6 heteroatoms. The molecule has 0 aliphatic heterocycles. The van der Waals surface area contributed by atoms with Gasteiger partial charge in [0.2, 0.25) is 5.91 Å². The summed E-state index contributed by atoms with van der Waals surface area (Å²) in [6, 6.07) is 3.42. The molecule has 0 radical (unpaired) electrons. The van der Waals surface area contributed by atoms with Crippen LogP contribution >= 0.6 is 15.9 Å². The largest absolute Gasteiger partial charge is 0.480 e. The quantitative estimate of drug-likeness (QED) is 0.823. The van der Waals surface area contributed by atoms with E-state index in [0.29, 0.717) is 4.60 Å². The minimum atomic E-state index is -1.26. The van der Waals surface area contributed by atoms with Crippen molar-refractivity contribution in [2.24, 2.45) is 0 Å². The number of pyridine rings is 1. The van der Waals surface area contributed by atoms with Crippen molar-refractivity contribution in [3.8, 4) is 0 Å². The third-order valence-corrected chi connectivity index (χ3v) is 2.58. The third kappa shape index (κ3) is 4.14. The van der Waals surface area contributed by atoms with Crippen LogP contribution < -0.4 is 5.32 Å². The van der Waals surface area contributed by atoms with Crippen molar-refractivity contribution >= 4 is 27.8 Å². The number of carbonyl (C=O) groups is 2. The molecule has 0 saturated heterocycles. The van der Waals surface area contributed by atoms with Gasteiger partial charge < -0.3 is 10.4 Å². The van der Waals surface area contributed by atoms with Crippen molar-refractivity contribution in [3.63, 3.8) is 0 Å². The first-order chi connectivity index (χ1) is 7.81. The Morgan fingerprint density at radius 3 is 2.71 bits per heavy atom. The molecule has 0 aliphatic carbocycles. The zero-order valence-corrected chi connectivity index (χ0v) is 11.1. The lowest BCUT2D eigenvalue weighted by Crippen LogP contribution is -2.50. The number of aromatic nitrogens is 1. The SMILES string of the molecule is CC(C)(NC(=O)Cc1ccnc(Br)c1)C(=O)O. The normalized spacial score (nSPS) is 11.0. The van der Waals surface area contributed by atoms with E-state index in [2.05, 4.69) is 26.2 Å². The lowest BCUT2D eigenvalue weighted by atomic mass is 10.1. The van der Waals surface area contributed by atoms with Crippen molar-refractivity contribution in [1.29, 1.82) is 0 Å². The maximum Gasteiger partial charge on any atom is 0.328 e. The summed E-state index contributed by atoms with van der Waals surface area (Å²) in [6.45, 7) is 2.88. The zero-order chi connectivity index (χ0) is 13.1. The fraction of sp³-hybridized carbons (Fsp3) is 0.364. The third-order valence-electron chi connectivity index (χ3n) is 2.14. The number of aliphatic carboxylic acids is 1. The van der Waals surface area contributed by atoms with Crippen LogP contribution in [-0.4, -0.2) is 27.5 Å². The van der Waals surface area contributed by atoms with Gasteiger partial charge in [0, 0.05) is 6.20 Å². The average Bonchev–Trinajstić information content (AvgIpc) is 2.15. The van der Waals surface area contributed by atoms with E-state index in [4.69, 9.17) is 5.11 Å². The summed E-state index contributed by atoms with van der Waals surface area (Å²) in [4.78, 5) is 26.4. The van der Waals surface area contributed by atoms with E-state index in [0.717, 1.165) is 5.56 Å². The smallest absolute Gasteiger partial charge is 0.328 e. The molecule has 0 bridgehead atoms. The zero-order valence-electron chi connectivity index (χ0n) is 9.53. The van der Waals surface area contributed by atoms with Gasteiger partial charge in [-0.05, 0) is 47.5 Å². The molecule has 0 atom stereocenters. The number of carbonyl (C=O) groups excluding carboxylic acids is 1. The lowest BCUT2D eigenvalue weighted by Gasteiger charge is -2.20. The summed E-state index contributed by atoms with van der Waals surface area (Å²) >= 11 is 3.20. The molecule has 0 spiro atoms. The molecule has 1 aromatic rings. The minimum Gasteiger partial charge on any atom is -0.480 e. The number of nitrogens with zero attached hydrogens (tertiary/aromatic N) is 1. The Kier molecular flexibility index (Phi) is 4.22. The molecule has 5 nitrogen and oxygen atoms in total. The number of nitrogens with one attached hydrogen (secondary N) is 1. The Labute approximate surface area is 107 Å². The molecule has 0 unspecified atom stereocenters. The number of rotatable bonds is 4. The first-order valence-electron chi connectivity index (χ1n) is 4.96. The van der Waals surface area contributed by atoms with Crippen molar-refractivity contribution < 1.29 is 14.7 Å². The van der Waals surface area contributed by atoms with Crippen LogP contribution in [0.3, 0.4) is 0 Å². The molecule has 17 heavy (non-hydrogen) atoms. The van der Waals surface area contributed by atoms with Crippen LogP contribution in [0, 0.1) is 0 Å². The highest BCUT2D eigenvalue weighted by Crippen LogP contribution is 2.09. The van der Waals surface area contributed by atoms with Gasteiger partial charge in [0.15, 0.2) is 0 Å². The predicted octanol–water partition coefficient (Wildman–Crippen LogP) is 1.37. The van der Waals surface area contributed by atoms with Gasteiger partial charge in [-0.3, -0.25) is 4.79 Å². The monoisotopic (exact) mass is 300 g/mol. The van der Waals surface area contributed by atoms with E-state index < -0.39 is 11.5 Å². The van der Waals surface area contributed by atoms with Gasteiger partial charge >= 0.3 is 5.97 Å². The number of halogens is 1. The Balaban J connectivity index is 2.65. The Morgan fingerprint density at radius 2 is 2.18 bits per heavy atom. The van der Waals surface area contributed by atoms with Crippen LogP contribution in [0.5, 0.6) is 0 Å². The second-order valence-electron chi connectivity index (χ2n) is 4.14. The summed E-state index contributed by atoms with van der Waals surface area (Å²) in [5, 5.41) is 11.3. The van der Waals surface area contributed by atoms with E-state index in [1.54, 1.807) is 18.3 Å². The maximum atomic E-state index is 11.6. The van der Waals surface area contributed by atoms with Gasteiger partial charge in [-0.2, -0.15) is 0 Å². The standard InChI is InChI=1S/C11H13BrN2O3/c1-11(2,10(16)17)14-9(15)6-7-3-4-13-8(12)5-7/h3-5H,6H2,1-2H3,(H,14,15)(H,16,17). The van der Waals surface area contributed by atoms with E-state index in [1.807, 2.05) is 0 Å². The number of carboxylic acid groups (broad SMARTS) is 1. The summed E-state index contributed by atoms with van der Waals surface area (Å²) in [5.74, 6) is -1.41. The molecule has 1 heterocycles. The van der Waals surface area contributed by atoms with E-state index in [1.165, 1.54) is 13.8 Å². The molecule has 1 amide bonds. The van der Waals surface area contributed by atoms with Crippen LogP contribution in [0.1, 0.15) is 19.4 Å². The molecule has 1 aromatic heterocycles. The van der Waals surface area contributed by atoms with Crippen LogP contribution in [0.25, 0.3) is 0 Å². The fourth-order valence-corrected chi connectivity index (χ4v) is 1.60. The van der Waals surface area contributed by atoms with Gasteiger partial charge in [-0.15, -0.1) is 0 Å². The molecule has 0 saturated carbocycles. The topological polar surface area (TPSA) is 79.3 Å². The highest BCUT2D eigenvalue weighted by molar-refractivity contribution is 9.10. The van der Waals surface area contributed by atoms with Crippen LogP contribution in [-0.2, 0) is 16.0 Å². The molecule has 92 valence electrons. The van der Waals surface area contributed by atoms with Gasteiger partial charge in [0.05, 0.1) is 6.42 Å². The molecule has 0 fully saturated rings. The lowest BCUT2D eigenvalue weighted by molar-refractivity contribution is -0.145. The van der Waals surface area contributed by atoms with Gasteiger partial charge in [0.25, 0.3) is 0 Å². The molecule has 0 aromatic carbocycles. The summed E-state index contributed by atoms with van der Waals surface area (Å²) in [7, 11) is 0. The number of amides is 1. The van der Waals surface area contributed by atoms with Gasteiger partial charge in [-0.25, -0.2) is 9.78 Å². The predicted molar refractivity (Wildman–Crippen MR) is 65.5 cm³/mol. The Morgan fingerprint density at radius 1 is 1.53 bits per heavy atom. The molecular weight excluding hydrogens is 288 g/mol. The van der Waals surface area contributed by atoms with Crippen molar-refractivity contribution in [3.05, 3.63) is 28.5 Å². The van der Waals surface area contributed by atoms with Crippen molar-refractivity contribution in [2.45, 2.75) is 25.8 Å². The Bertz CT molecular complexity index is 446. The summed E-state index contributed by atoms with van der Waals surface area (Å²) in [5.41, 5.74) is -0.494. The van der Waals surface area contributed by atoms with E-state index in [9.17, 15) is 9.59 Å². The van der Waals surface area contributed by atoms with Crippen LogP contribution in [0.4, 0.5) is 0 Å². The first kappa shape index (κ1) is 13.6. The van der Waals surface area contributed by atoms with Gasteiger partial charge in [0.1, 0.15) is 10.1 Å². The molecule has 2 N–H and O–H groups in total.